The maximum atomic E-state index is 12.7. The Morgan fingerprint density at radius 2 is 1.92 bits per heavy atom. The van der Waals surface area contributed by atoms with Crippen molar-refractivity contribution in [3.63, 3.8) is 0 Å². The number of aliphatic imine (C=N–C) groups is 1. The molecule has 1 aliphatic heterocycles. The van der Waals surface area contributed by atoms with Crippen molar-refractivity contribution in [3.8, 4) is 0 Å². The maximum Gasteiger partial charge on any atom is 0.243 e. The van der Waals surface area contributed by atoms with Gasteiger partial charge in [0.25, 0.3) is 0 Å². The number of hydrogen-bond acceptors (Lipinski definition) is 4. The third-order valence-corrected chi connectivity index (χ3v) is 6.32. The second-order valence-electron chi connectivity index (χ2n) is 6.30. The minimum atomic E-state index is -3.38. The normalized spacial score (nSPS) is 17.2. The number of ether oxygens (including phenoxy) is 1. The highest BCUT2D eigenvalue weighted by Crippen LogP contribution is 2.23. The topological polar surface area (TPSA) is 83.0 Å². The van der Waals surface area contributed by atoms with Crippen LogP contribution in [0.2, 0.25) is 0 Å². The zero-order chi connectivity index (χ0) is 18.8. The minimum absolute atomic E-state index is 0.369. The molecule has 0 radical (unpaired) electrons. The van der Waals surface area contributed by atoms with Gasteiger partial charge in [0.15, 0.2) is 5.96 Å². The number of benzene rings is 1. The van der Waals surface area contributed by atoms with E-state index in [2.05, 4.69) is 15.6 Å². The molecule has 0 aliphatic carbocycles. The molecule has 1 aromatic rings. The van der Waals surface area contributed by atoms with Crippen molar-refractivity contribution < 1.29 is 13.2 Å². The molecule has 0 bridgehead atoms. The molecule has 0 unspecified atom stereocenters. The summed E-state index contributed by atoms with van der Waals surface area (Å²) in [5.41, 5.74) is 0. The summed E-state index contributed by atoms with van der Waals surface area (Å²) in [6.45, 7) is 5.95. The summed E-state index contributed by atoms with van der Waals surface area (Å²) in [4.78, 5) is 4.99. The summed E-state index contributed by atoms with van der Waals surface area (Å²) in [5.74, 6) is 1.18. The van der Waals surface area contributed by atoms with Gasteiger partial charge >= 0.3 is 0 Å². The molecule has 1 saturated heterocycles. The molecule has 2 N–H and O–H groups in total. The number of methoxy groups -OCH3 is 1. The van der Waals surface area contributed by atoms with Crippen molar-refractivity contribution in [1.29, 1.82) is 0 Å². The molecule has 2 rings (SSSR count). The fourth-order valence-corrected chi connectivity index (χ4v) is 4.40. The summed E-state index contributed by atoms with van der Waals surface area (Å²) < 4.78 is 31.9. The van der Waals surface area contributed by atoms with Crippen LogP contribution in [0.3, 0.4) is 0 Å². The Balaban J connectivity index is 1.86. The highest BCUT2D eigenvalue weighted by molar-refractivity contribution is 7.89. The van der Waals surface area contributed by atoms with Gasteiger partial charge in [0.1, 0.15) is 0 Å². The fraction of sp³-hybridized carbons (Fsp3) is 0.611. The summed E-state index contributed by atoms with van der Waals surface area (Å²) in [6.07, 6.45) is 1.65. The van der Waals surface area contributed by atoms with E-state index < -0.39 is 10.0 Å². The zero-order valence-corrected chi connectivity index (χ0v) is 16.5. The maximum absolute atomic E-state index is 12.7. The van der Waals surface area contributed by atoms with E-state index in [1.165, 1.54) is 0 Å². The average molecular weight is 383 g/mol. The van der Waals surface area contributed by atoms with Gasteiger partial charge in [-0.1, -0.05) is 18.2 Å². The molecule has 1 fully saturated rings. The molecule has 8 heteroatoms. The Morgan fingerprint density at radius 1 is 1.23 bits per heavy atom. The van der Waals surface area contributed by atoms with Gasteiger partial charge in [0.2, 0.25) is 10.0 Å². The van der Waals surface area contributed by atoms with Gasteiger partial charge < -0.3 is 15.4 Å². The lowest BCUT2D eigenvalue weighted by Crippen LogP contribution is -2.41. The third-order valence-electron chi connectivity index (χ3n) is 4.40. The number of nitrogens with zero attached hydrogens (tertiary/aromatic N) is 2. The predicted octanol–water partition coefficient (Wildman–Crippen LogP) is 1.29. The van der Waals surface area contributed by atoms with E-state index in [-0.39, 0.29) is 0 Å². The SMILES string of the molecule is CCNC(=NCC1CCN(S(=O)(=O)c2ccccc2)CC1)NCCOC. The van der Waals surface area contributed by atoms with E-state index in [4.69, 9.17) is 4.74 Å². The zero-order valence-electron chi connectivity index (χ0n) is 15.6. The van der Waals surface area contributed by atoms with Crippen molar-refractivity contribution in [1.82, 2.24) is 14.9 Å². The van der Waals surface area contributed by atoms with Gasteiger partial charge in [-0.05, 0) is 37.8 Å². The van der Waals surface area contributed by atoms with E-state index in [0.717, 1.165) is 25.3 Å². The van der Waals surface area contributed by atoms with E-state index in [1.54, 1.807) is 35.7 Å². The van der Waals surface area contributed by atoms with Crippen LogP contribution < -0.4 is 10.6 Å². The first-order valence-electron chi connectivity index (χ1n) is 9.14. The molecule has 1 heterocycles. The Morgan fingerprint density at radius 3 is 2.54 bits per heavy atom. The number of guanidine groups is 1. The van der Waals surface area contributed by atoms with Crippen LogP contribution >= 0.6 is 0 Å². The molecule has 0 saturated carbocycles. The monoisotopic (exact) mass is 382 g/mol. The van der Waals surface area contributed by atoms with Crippen LogP contribution in [-0.2, 0) is 14.8 Å². The summed E-state index contributed by atoms with van der Waals surface area (Å²) in [7, 11) is -1.71. The van der Waals surface area contributed by atoms with Gasteiger partial charge in [0, 0.05) is 39.8 Å². The first-order chi connectivity index (χ1) is 12.6. The molecule has 1 aliphatic rings. The lowest BCUT2D eigenvalue weighted by molar-refractivity contribution is 0.203. The second-order valence-corrected chi connectivity index (χ2v) is 8.24. The van der Waals surface area contributed by atoms with E-state index in [1.807, 2.05) is 13.0 Å². The Labute approximate surface area is 156 Å². The molecule has 1 aromatic carbocycles. The van der Waals surface area contributed by atoms with Crippen LogP contribution in [-0.4, -0.2) is 65.1 Å². The quantitative estimate of drug-likeness (QED) is 0.402. The van der Waals surface area contributed by atoms with E-state index in [9.17, 15) is 8.42 Å². The fourth-order valence-electron chi connectivity index (χ4n) is 2.91. The molecule has 0 aromatic heterocycles. The molecular weight excluding hydrogens is 352 g/mol. The Bertz CT molecular complexity index is 656. The molecule has 0 atom stereocenters. The van der Waals surface area contributed by atoms with Crippen molar-refractivity contribution in [2.24, 2.45) is 10.9 Å². The summed E-state index contributed by atoms with van der Waals surface area (Å²) >= 11 is 0. The lowest BCUT2D eigenvalue weighted by Gasteiger charge is -2.30. The van der Waals surface area contributed by atoms with Crippen molar-refractivity contribution in [3.05, 3.63) is 30.3 Å². The van der Waals surface area contributed by atoms with Gasteiger partial charge in [-0.25, -0.2) is 8.42 Å². The Kier molecular flexibility index (Phi) is 8.34. The number of nitrogens with one attached hydrogen (secondary N) is 2. The van der Waals surface area contributed by atoms with Crippen molar-refractivity contribution >= 4 is 16.0 Å². The molecule has 0 amide bonds. The molecule has 0 spiro atoms. The molecule has 146 valence electrons. The summed E-state index contributed by atoms with van der Waals surface area (Å²) in [5, 5.41) is 6.44. The van der Waals surface area contributed by atoms with Gasteiger partial charge in [-0.15, -0.1) is 0 Å². The molecule has 7 nitrogen and oxygen atoms in total. The van der Waals surface area contributed by atoms with Gasteiger partial charge in [0.05, 0.1) is 11.5 Å². The molecular formula is C18H30N4O3S. The largest absolute Gasteiger partial charge is 0.383 e. The van der Waals surface area contributed by atoms with Crippen LogP contribution in [0.1, 0.15) is 19.8 Å². The summed E-state index contributed by atoms with van der Waals surface area (Å²) in [6, 6.07) is 8.65. The highest BCUT2D eigenvalue weighted by atomic mass is 32.2. The first kappa shape index (κ1) is 20.7. The highest BCUT2D eigenvalue weighted by Gasteiger charge is 2.29. The van der Waals surface area contributed by atoms with Crippen LogP contribution in [0.4, 0.5) is 0 Å². The number of rotatable bonds is 8. The predicted molar refractivity (Wildman–Crippen MR) is 104 cm³/mol. The number of hydrogen-bond donors (Lipinski definition) is 2. The smallest absolute Gasteiger partial charge is 0.243 e. The van der Waals surface area contributed by atoms with E-state index in [0.29, 0.717) is 43.6 Å². The number of piperidine rings is 1. The minimum Gasteiger partial charge on any atom is -0.383 e. The standard InChI is InChI=1S/C18H30N4O3S/c1-3-19-18(20-11-14-25-2)21-15-16-9-12-22(13-10-16)26(23,24)17-7-5-4-6-8-17/h4-8,16H,3,9-15H2,1-2H3,(H2,19,20,21). The first-order valence-corrected chi connectivity index (χ1v) is 10.6. The third kappa shape index (κ3) is 5.96. The van der Waals surface area contributed by atoms with Crippen LogP contribution in [0.5, 0.6) is 0 Å². The average Bonchev–Trinajstić information content (AvgIpc) is 2.67. The van der Waals surface area contributed by atoms with Gasteiger partial charge in [-0.3, -0.25) is 4.99 Å². The van der Waals surface area contributed by atoms with Crippen LogP contribution in [0.15, 0.2) is 40.2 Å². The molecule has 26 heavy (non-hydrogen) atoms. The Hall–Kier alpha value is -1.64. The number of sulfonamides is 1. The lowest BCUT2D eigenvalue weighted by atomic mass is 9.98. The van der Waals surface area contributed by atoms with Crippen LogP contribution in [0, 0.1) is 5.92 Å². The van der Waals surface area contributed by atoms with Crippen LogP contribution in [0.25, 0.3) is 0 Å². The van der Waals surface area contributed by atoms with E-state index >= 15 is 0 Å². The second kappa shape index (κ2) is 10.5. The van der Waals surface area contributed by atoms with Crippen molar-refractivity contribution in [2.45, 2.75) is 24.7 Å². The van der Waals surface area contributed by atoms with Crippen molar-refractivity contribution in [2.75, 3.05) is 46.4 Å². The van der Waals surface area contributed by atoms with Gasteiger partial charge in [-0.2, -0.15) is 4.31 Å².